The smallest absolute Gasteiger partial charge is 0.338 e. The highest BCUT2D eigenvalue weighted by Gasteiger charge is 2.34. The third kappa shape index (κ3) is 9.99. The number of carbonyl (C=O) groups is 2. The van der Waals surface area contributed by atoms with Gasteiger partial charge in [0, 0.05) is 70.7 Å². The van der Waals surface area contributed by atoms with Crippen LogP contribution in [0.1, 0.15) is 27.8 Å². The summed E-state index contributed by atoms with van der Waals surface area (Å²) in [5.41, 5.74) is 3.47. The average molecular weight is 718 g/mol. The van der Waals surface area contributed by atoms with Crippen molar-refractivity contribution in [1.29, 1.82) is 0 Å². The number of aromatic nitrogens is 1. The van der Waals surface area contributed by atoms with Crippen molar-refractivity contribution in [2.45, 2.75) is 31.7 Å². The summed E-state index contributed by atoms with van der Waals surface area (Å²) in [4.78, 5) is 41.2. The van der Waals surface area contributed by atoms with E-state index in [1.165, 1.54) is 29.8 Å². The summed E-state index contributed by atoms with van der Waals surface area (Å²) in [6, 6.07) is 37.2. The van der Waals surface area contributed by atoms with E-state index in [0.29, 0.717) is 37.6 Å². The molecular formula is C43H42F3N5O2. The molecular weight excluding hydrogens is 675 g/mol. The van der Waals surface area contributed by atoms with Gasteiger partial charge in [-0.3, -0.25) is 14.5 Å². The highest BCUT2D eigenvalue weighted by atomic mass is 19.4. The van der Waals surface area contributed by atoms with Gasteiger partial charge in [-0.25, -0.2) is 4.98 Å². The van der Waals surface area contributed by atoms with Crippen LogP contribution >= 0.6 is 0 Å². The number of piperazine rings is 1. The first kappa shape index (κ1) is 37.0. The van der Waals surface area contributed by atoms with Gasteiger partial charge >= 0.3 is 6.18 Å². The number of para-hydroxylation sites is 1. The van der Waals surface area contributed by atoms with Crippen molar-refractivity contribution in [3.63, 3.8) is 0 Å². The Labute approximate surface area is 308 Å². The summed E-state index contributed by atoms with van der Waals surface area (Å²) in [6.07, 6.45) is 0.341. The second kappa shape index (κ2) is 17.2. The fraction of sp³-hybridized carbons (Fsp3) is 0.233. The highest BCUT2D eigenvalue weighted by molar-refractivity contribution is 5.95. The molecule has 0 unspecified atom stereocenters. The Hall–Kier alpha value is -5.74. The summed E-state index contributed by atoms with van der Waals surface area (Å²) < 4.78 is 39.6. The van der Waals surface area contributed by atoms with E-state index < -0.39 is 23.7 Å². The minimum absolute atomic E-state index is 0.0930. The first-order valence-corrected chi connectivity index (χ1v) is 17.6. The normalized spacial score (nSPS) is 14.2. The maximum Gasteiger partial charge on any atom is 0.416 e. The molecule has 1 saturated heterocycles. The quantitative estimate of drug-likeness (QED) is 0.123. The van der Waals surface area contributed by atoms with E-state index in [-0.39, 0.29) is 18.9 Å². The number of carbonyl (C=O) groups excluding carboxylic acids is 2. The number of hydrogen-bond donors (Lipinski definition) is 0. The van der Waals surface area contributed by atoms with Gasteiger partial charge in [-0.2, -0.15) is 13.2 Å². The lowest BCUT2D eigenvalue weighted by Crippen LogP contribution is -2.56. The van der Waals surface area contributed by atoms with Crippen molar-refractivity contribution in [2.75, 3.05) is 38.1 Å². The van der Waals surface area contributed by atoms with E-state index in [0.717, 1.165) is 35.5 Å². The number of nitrogens with zero attached hydrogens (tertiary/aromatic N) is 5. The van der Waals surface area contributed by atoms with Gasteiger partial charge in [-0.15, -0.1) is 0 Å². The van der Waals surface area contributed by atoms with Crippen LogP contribution in [0.15, 0.2) is 140 Å². The fourth-order valence-corrected chi connectivity index (χ4v) is 6.42. The lowest BCUT2D eigenvalue weighted by Gasteiger charge is -2.39. The average Bonchev–Trinajstić information content (AvgIpc) is 3.19. The molecule has 10 heteroatoms. The predicted molar refractivity (Wildman–Crippen MR) is 202 cm³/mol. The summed E-state index contributed by atoms with van der Waals surface area (Å²) >= 11 is 0. The van der Waals surface area contributed by atoms with Gasteiger partial charge in [0.15, 0.2) is 0 Å². The Morgan fingerprint density at radius 3 is 1.94 bits per heavy atom. The van der Waals surface area contributed by atoms with Gasteiger partial charge in [-0.05, 0) is 58.7 Å². The van der Waals surface area contributed by atoms with Crippen LogP contribution in [-0.4, -0.2) is 70.8 Å². The first-order valence-electron chi connectivity index (χ1n) is 17.6. The van der Waals surface area contributed by atoms with Gasteiger partial charge in [0.05, 0.1) is 5.56 Å². The molecule has 53 heavy (non-hydrogen) atoms. The Balaban J connectivity index is 1.27. The maximum atomic E-state index is 14.6. The minimum atomic E-state index is -4.47. The number of halogens is 3. The maximum absolute atomic E-state index is 14.6. The molecule has 2 amide bonds. The molecule has 0 N–H and O–H groups in total. The molecule has 4 aromatic carbocycles. The molecule has 1 aliphatic heterocycles. The monoisotopic (exact) mass is 717 g/mol. The Morgan fingerprint density at radius 2 is 1.36 bits per heavy atom. The van der Waals surface area contributed by atoms with Gasteiger partial charge in [0.2, 0.25) is 11.8 Å². The largest absolute Gasteiger partial charge is 0.416 e. The van der Waals surface area contributed by atoms with Crippen LogP contribution in [0.3, 0.4) is 0 Å². The van der Waals surface area contributed by atoms with Gasteiger partial charge in [-0.1, -0.05) is 97.1 Å². The van der Waals surface area contributed by atoms with Crippen LogP contribution in [-0.2, 0) is 35.3 Å². The first-order chi connectivity index (χ1) is 25.6. The fourth-order valence-electron chi connectivity index (χ4n) is 6.42. The summed E-state index contributed by atoms with van der Waals surface area (Å²) in [7, 11) is 1.92. The number of pyridine rings is 1. The standard InChI is InChI=1S/C43H42F3N5O2/c1-48(38-15-9-4-10-16-38)40-23-19-36(30-47-40)32-51(41(52)24-20-33-17-21-37(22-18-33)43(44,45)46)39(29-34-11-5-2-6-12-34)42(53)50-27-25-49(26-28-50)31-35-13-7-3-8-14-35/h2-24,30,39H,25-29,31-32H2,1H3/t39-/m0/s1. The van der Waals surface area contributed by atoms with Crippen molar-refractivity contribution >= 4 is 29.4 Å². The molecule has 0 saturated carbocycles. The van der Waals surface area contributed by atoms with E-state index in [2.05, 4.69) is 22.0 Å². The van der Waals surface area contributed by atoms with Crippen molar-refractivity contribution in [2.24, 2.45) is 0 Å². The van der Waals surface area contributed by atoms with Crippen molar-refractivity contribution in [1.82, 2.24) is 19.7 Å². The van der Waals surface area contributed by atoms with Crippen LogP contribution < -0.4 is 4.90 Å². The summed E-state index contributed by atoms with van der Waals surface area (Å²) in [6.45, 7) is 3.31. The zero-order valence-corrected chi connectivity index (χ0v) is 29.6. The lowest BCUT2D eigenvalue weighted by atomic mass is 10.0. The molecule has 6 rings (SSSR count). The predicted octanol–water partition coefficient (Wildman–Crippen LogP) is 7.87. The van der Waals surface area contributed by atoms with E-state index in [1.54, 1.807) is 11.1 Å². The van der Waals surface area contributed by atoms with Crippen molar-refractivity contribution < 1.29 is 22.8 Å². The van der Waals surface area contributed by atoms with Crippen LogP contribution in [0, 0.1) is 0 Å². The topological polar surface area (TPSA) is 60.0 Å². The van der Waals surface area contributed by atoms with Crippen molar-refractivity contribution in [3.05, 3.63) is 167 Å². The molecule has 2 heterocycles. The number of rotatable bonds is 12. The number of benzene rings is 4. The lowest BCUT2D eigenvalue weighted by molar-refractivity contribution is -0.145. The number of anilines is 2. The van der Waals surface area contributed by atoms with Gasteiger partial charge < -0.3 is 14.7 Å². The third-order valence-corrected chi connectivity index (χ3v) is 9.45. The molecule has 7 nitrogen and oxygen atoms in total. The number of alkyl halides is 3. The van der Waals surface area contributed by atoms with Gasteiger partial charge in [0.1, 0.15) is 11.9 Å². The SMILES string of the molecule is CN(c1ccccc1)c1ccc(CN(C(=O)C=Cc2ccc(C(F)(F)F)cc2)[C@@H](Cc2ccccc2)C(=O)N2CCN(Cc3ccccc3)CC2)cn1. The van der Waals surface area contributed by atoms with Crippen LogP contribution in [0.5, 0.6) is 0 Å². The molecule has 1 fully saturated rings. The Kier molecular flexibility index (Phi) is 12.0. The molecule has 272 valence electrons. The molecule has 0 radical (unpaired) electrons. The third-order valence-electron chi connectivity index (χ3n) is 9.45. The number of amides is 2. The van der Waals surface area contributed by atoms with Crippen LogP contribution in [0.25, 0.3) is 6.08 Å². The zero-order valence-electron chi connectivity index (χ0n) is 29.6. The van der Waals surface area contributed by atoms with Crippen LogP contribution in [0.2, 0.25) is 0 Å². The molecule has 1 aliphatic rings. The zero-order chi connectivity index (χ0) is 37.2. The second-order valence-corrected chi connectivity index (χ2v) is 13.1. The van der Waals surface area contributed by atoms with E-state index in [4.69, 9.17) is 0 Å². The Bertz CT molecular complexity index is 1950. The summed E-state index contributed by atoms with van der Waals surface area (Å²) in [5, 5.41) is 0. The molecule has 5 aromatic rings. The van der Waals surface area contributed by atoms with Gasteiger partial charge in [0.25, 0.3) is 0 Å². The van der Waals surface area contributed by atoms with Crippen molar-refractivity contribution in [3.8, 4) is 0 Å². The highest BCUT2D eigenvalue weighted by Crippen LogP contribution is 2.29. The molecule has 0 bridgehead atoms. The molecule has 0 aliphatic carbocycles. The molecule has 1 atom stereocenters. The van der Waals surface area contributed by atoms with E-state index in [1.807, 2.05) is 108 Å². The Morgan fingerprint density at radius 1 is 0.755 bits per heavy atom. The van der Waals surface area contributed by atoms with Crippen LogP contribution in [0.4, 0.5) is 24.7 Å². The van der Waals surface area contributed by atoms with E-state index in [9.17, 15) is 22.8 Å². The molecule has 0 spiro atoms. The van der Waals surface area contributed by atoms with E-state index >= 15 is 0 Å². The molecule has 1 aromatic heterocycles. The number of hydrogen-bond acceptors (Lipinski definition) is 5. The minimum Gasteiger partial charge on any atom is -0.338 e. The summed E-state index contributed by atoms with van der Waals surface area (Å²) in [5.74, 6) is 0.121. The second-order valence-electron chi connectivity index (χ2n) is 13.1.